The average Bonchev–Trinajstić information content (AvgIpc) is 2.81. The molecule has 176 valence electrons. The summed E-state index contributed by atoms with van der Waals surface area (Å²) in [4.78, 5) is 23.4. The fourth-order valence-electron chi connectivity index (χ4n) is 2.77. The zero-order chi connectivity index (χ0) is 23.9. The SMILES string of the molecule is C/C=C(\C=C/CNCCN(C)CC)Nc1nccccc(=O)n(Cc2cccc(F)c2)cn1. The molecule has 7 nitrogen and oxygen atoms in total. The molecule has 0 spiro atoms. The lowest BCUT2D eigenvalue weighted by Gasteiger charge is -2.13. The summed E-state index contributed by atoms with van der Waals surface area (Å²) in [5.41, 5.74) is 1.22. The molecule has 2 aromatic rings. The highest BCUT2D eigenvalue weighted by atomic mass is 19.1. The maximum atomic E-state index is 13.5. The van der Waals surface area contributed by atoms with Crippen LogP contribution in [0.25, 0.3) is 0 Å². The van der Waals surface area contributed by atoms with Gasteiger partial charge in [0.05, 0.1) is 6.54 Å². The van der Waals surface area contributed by atoms with E-state index in [-0.39, 0.29) is 17.9 Å². The van der Waals surface area contributed by atoms with Crippen LogP contribution in [0, 0.1) is 5.82 Å². The fraction of sp³-hybridized carbons (Fsp3) is 0.320. The van der Waals surface area contributed by atoms with Crippen molar-refractivity contribution in [1.29, 1.82) is 0 Å². The van der Waals surface area contributed by atoms with Crippen molar-refractivity contribution < 1.29 is 4.39 Å². The van der Waals surface area contributed by atoms with Crippen LogP contribution in [0.15, 0.2) is 83.7 Å². The Morgan fingerprint density at radius 3 is 2.82 bits per heavy atom. The molecule has 0 amide bonds. The van der Waals surface area contributed by atoms with Crippen LogP contribution in [0.3, 0.4) is 0 Å². The highest BCUT2D eigenvalue weighted by molar-refractivity contribution is 5.38. The van der Waals surface area contributed by atoms with Crippen LogP contribution in [0.1, 0.15) is 19.4 Å². The number of nitrogens with one attached hydrogen (secondary N) is 2. The molecule has 0 atom stereocenters. The molecule has 2 N–H and O–H groups in total. The number of hydrogen-bond donors (Lipinski definition) is 2. The number of hydrogen-bond acceptors (Lipinski definition) is 6. The second kappa shape index (κ2) is 14.7. The summed E-state index contributed by atoms with van der Waals surface area (Å²) in [6.45, 7) is 7.93. The fourth-order valence-corrected chi connectivity index (χ4v) is 2.77. The van der Waals surface area contributed by atoms with Crippen molar-refractivity contribution in [1.82, 2.24) is 24.8 Å². The van der Waals surface area contributed by atoms with Crippen molar-refractivity contribution in [2.75, 3.05) is 38.5 Å². The van der Waals surface area contributed by atoms with Crippen molar-refractivity contribution in [3.05, 3.63) is 101 Å². The van der Waals surface area contributed by atoms with E-state index in [9.17, 15) is 9.18 Å². The molecule has 0 radical (unpaired) electrons. The van der Waals surface area contributed by atoms with Crippen molar-refractivity contribution >= 4 is 5.95 Å². The lowest BCUT2D eigenvalue weighted by atomic mass is 10.2. The first-order valence-corrected chi connectivity index (χ1v) is 11.0. The van der Waals surface area contributed by atoms with E-state index in [4.69, 9.17) is 0 Å². The number of allylic oxidation sites excluding steroid dienone is 2. The van der Waals surface area contributed by atoms with Crippen molar-refractivity contribution in [2.45, 2.75) is 20.4 Å². The molecule has 8 heteroatoms. The van der Waals surface area contributed by atoms with E-state index in [1.807, 2.05) is 25.2 Å². The van der Waals surface area contributed by atoms with Crippen molar-refractivity contribution in [2.24, 2.45) is 0 Å². The molecule has 1 aromatic heterocycles. The van der Waals surface area contributed by atoms with E-state index in [0.29, 0.717) is 11.5 Å². The Kier molecular flexibility index (Phi) is 11.5. The molecule has 0 fully saturated rings. The van der Waals surface area contributed by atoms with E-state index >= 15 is 0 Å². The third-order valence-electron chi connectivity index (χ3n) is 4.81. The summed E-state index contributed by atoms with van der Waals surface area (Å²) in [7, 11) is 2.09. The molecule has 0 saturated carbocycles. The van der Waals surface area contributed by atoms with E-state index in [0.717, 1.165) is 31.9 Å². The Morgan fingerprint density at radius 1 is 1.21 bits per heavy atom. The summed E-state index contributed by atoms with van der Waals surface area (Å²) in [5.74, 6) is -0.0226. The topological polar surface area (TPSA) is 75.1 Å². The molecular formula is C25H33FN6O. The monoisotopic (exact) mass is 452 g/mol. The normalized spacial score (nSPS) is 11.6. The van der Waals surface area contributed by atoms with E-state index in [1.54, 1.807) is 30.5 Å². The third-order valence-corrected chi connectivity index (χ3v) is 4.81. The summed E-state index contributed by atoms with van der Waals surface area (Å²) in [6.07, 6.45) is 8.86. The Labute approximate surface area is 195 Å². The highest BCUT2D eigenvalue weighted by Crippen LogP contribution is 2.05. The van der Waals surface area contributed by atoms with Gasteiger partial charge in [-0.25, -0.2) is 14.4 Å². The Bertz CT molecular complexity index is 1050. The first kappa shape index (κ1) is 25.9. The summed E-state index contributed by atoms with van der Waals surface area (Å²) in [6, 6.07) is 10.8. The van der Waals surface area contributed by atoms with E-state index < -0.39 is 0 Å². The smallest absolute Gasteiger partial charge is 0.251 e. The maximum Gasteiger partial charge on any atom is 0.251 e. The lowest BCUT2D eigenvalue weighted by Crippen LogP contribution is -2.29. The number of benzene rings is 1. The second-order valence-electron chi connectivity index (χ2n) is 7.37. The number of likely N-dealkylation sites (N-methyl/N-ethyl adjacent to an activating group) is 1. The molecule has 33 heavy (non-hydrogen) atoms. The second-order valence-corrected chi connectivity index (χ2v) is 7.37. The van der Waals surface area contributed by atoms with Gasteiger partial charge in [-0.2, -0.15) is 0 Å². The van der Waals surface area contributed by atoms with Crippen molar-refractivity contribution in [3.8, 4) is 0 Å². The van der Waals surface area contributed by atoms with Crippen molar-refractivity contribution in [3.63, 3.8) is 0 Å². The predicted molar refractivity (Wildman–Crippen MR) is 132 cm³/mol. The summed E-state index contributed by atoms with van der Waals surface area (Å²) < 4.78 is 14.9. The molecule has 1 aromatic carbocycles. The van der Waals surface area contributed by atoms with Gasteiger partial charge >= 0.3 is 0 Å². The van der Waals surface area contributed by atoms with Crippen LogP contribution < -0.4 is 16.2 Å². The van der Waals surface area contributed by atoms with Crippen LogP contribution in [0.4, 0.5) is 10.3 Å². The van der Waals surface area contributed by atoms with Crippen LogP contribution >= 0.6 is 0 Å². The van der Waals surface area contributed by atoms with Gasteiger partial charge in [-0.3, -0.25) is 9.36 Å². The first-order chi connectivity index (χ1) is 16.0. The molecule has 0 aliphatic carbocycles. The molecule has 0 bridgehead atoms. The molecule has 2 rings (SSSR count). The standard InChI is InChI=1S/C25H33FN6O/c1-4-23(12-9-14-27-16-17-31(3)5-2)30-25-28-15-7-6-13-24(33)32(20-29-25)19-21-10-8-11-22(26)18-21/h4,6-13,15,18,20,27H,5,14,16-17,19H2,1-3H3,(H,28,30)/b12-9-,13-6?,15-7?,23-4+,29-20?. The highest BCUT2D eigenvalue weighted by Gasteiger charge is 2.00. The van der Waals surface area contributed by atoms with Crippen LogP contribution in [-0.4, -0.2) is 52.7 Å². The molecule has 0 aliphatic rings. The van der Waals surface area contributed by atoms with Gasteiger partial charge in [0.25, 0.3) is 5.56 Å². The zero-order valence-corrected chi connectivity index (χ0v) is 19.5. The molecular weight excluding hydrogens is 419 g/mol. The molecule has 0 aliphatic heterocycles. The maximum absolute atomic E-state index is 13.5. The zero-order valence-electron chi connectivity index (χ0n) is 19.5. The first-order valence-electron chi connectivity index (χ1n) is 11.0. The predicted octanol–water partition coefficient (Wildman–Crippen LogP) is 3.36. The number of nitrogens with zero attached hydrogens (tertiary/aromatic N) is 4. The van der Waals surface area contributed by atoms with Gasteiger partial charge in [0, 0.05) is 37.6 Å². The molecule has 0 unspecified atom stereocenters. The minimum atomic E-state index is -0.350. The molecule has 0 saturated heterocycles. The van der Waals surface area contributed by atoms with Gasteiger partial charge in [-0.05, 0) is 50.4 Å². The van der Waals surface area contributed by atoms with Crippen LogP contribution in [0.2, 0.25) is 0 Å². The summed E-state index contributed by atoms with van der Waals surface area (Å²) >= 11 is 0. The Morgan fingerprint density at radius 2 is 2.06 bits per heavy atom. The lowest BCUT2D eigenvalue weighted by molar-refractivity contribution is 0.352. The number of anilines is 1. The van der Waals surface area contributed by atoms with Gasteiger partial charge in [-0.1, -0.05) is 37.3 Å². The Hall–Kier alpha value is -3.36. The van der Waals surface area contributed by atoms with E-state index in [2.05, 4.69) is 39.5 Å². The quantitative estimate of drug-likeness (QED) is 0.402. The average molecular weight is 453 g/mol. The minimum Gasteiger partial charge on any atom is -0.324 e. The van der Waals surface area contributed by atoms with Gasteiger partial charge in [0.2, 0.25) is 5.95 Å². The largest absolute Gasteiger partial charge is 0.324 e. The van der Waals surface area contributed by atoms with Crippen LogP contribution in [-0.2, 0) is 6.54 Å². The van der Waals surface area contributed by atoms with Gasteiger partial charge in [0.1, 0.15) is 12.1 Å². The third kappa shape index (κ3) is 10.2. The van der Waals surface area contributed by atoms with E-state index in [1.165, 1.54) is 29.1 Å². The van der Waals surface area contributed by atoms with Gasteiger partial charge in [0.15, 0.2) is 0 Å². The van der Waals surface area contributed by atoms with Gasteiger partial charge in [-0.15, -0.1) is 0 Å². The number of aromatic nitrogens is 3. The van der Waals surface area contributed by atoms with Crippen LogP contribution in [0.5, 0.6) is 0 Å². The number of halogens is 1. The Balaban J connectivity index is 2.13. The number of rotatable bonds is 11. The van der Waals surface area contributed by atoms with Gasteiger partial charge < -0.3 is 15.5 Å². The molecule has 1 heterocycles. The minimum absolute atomic E-state index is 0.191. The summed E-state index contributed by atoms with van der Waals surface area (Å²) in [5, 5.41) is 6.54.